The van der Waals surface area contributed by atoms with Crippen LogP contribution in [0.4, 0.5) is 0 Å². The van der Waals surface area contributed by atoms with E-state index in [2.05, 4.69) is 0 Å². The van der Waals surface area contributed by atoms with Gasteiger partial charge in [-0.1, -0.05) is 0 Å². The van der Waals surface area contributed by atoms with Gasteiger partial charge < -0.3 is 18.9 Å². The predicted molar refractivity (Wildman–Crippen MR) is 70.3 cm³/mol. The standard InChI is InChI=1S/C13H14O5S/c1-15-9-4-3-8(12(14)16-2)10-11(9)18-13(17-10)5-6-19-7-13/h3-4H,5-7H2,1-2H3. The average molecular weight is 282 g/mol. The first-order valence-corrected chi connectivity index (χ1v) is 7.10. The Kier molecular flexibility index (Phi) is 2.97. The van der Waals surface area contributed by atoms with Crippen LogP contribution >= 0.6 is 11.8 Å². The summed E-state index contributed by atoms with van der Waals surface area (Å²) < 4.78 is 21.9. The van der Waals surface area contributed by atoms with E-state index in [-0.39, 0.29) is 0 Å². The van der Waals surface area contributed by atoms with E-state index in [1.807, 2.05) is 0 Å². The molecule has 0 radical (unpaired) electrons. The van der Waals surface area contributed by atoms with Crippen LogP contribution < -0.4 is 14.2 Å². The second-order valence-corrected chi connectivity index (χ2v) is 5.49. The second-order valence-electron chi connectivity index (χ2n) is 4.38. The van der Waals surface area contributed by atoms with E-state index in [4.69, 9.17) is 18.9 Å². The first kappa shape index (κ1) is 12.5. The van der Waals surface area contributed by atoms with E-state index < -0.39 is 11.8 Å². The van der Waals surface area contributed by atoms with Gasteiger partial charge in [0.25, 0.3) is 5.79 Å². The molecular formula is C13H14O5S. The summed E-state index contributed by atoms with van der Waals surface area (Å²) in [6, 6.07) is 3.32. The zero-order chi connectivity index (χ0) is 13.5. The summed E-state index contributed by atoms with van der Waals surface area (Å²) in [5.41, 5.74) is 0.368. The summed E-state index contributed by atoms with van der Waals surface area (Å²) in [6.45, 7) is 0. The molecule has 1 aromatic rings. The van der Waals surface area contributed by atoms with Crippen molar-refractivity contribution in [2.75, 3.05) is 25.7 Å². The Balaban J connectivity index is 2.06. The molecule has 1 spiro atoms. The Morgan fingerprint density at radius 1 is 1.32 bits per heavy atom. The van der Waals surface area contributed by atoms with Crippen LogP contribution in [0.25, 0.3) is 0 Å². The molecule has 19 heavy (non-hydrogen) atoms. The second kappa shape index (κ2) is 4.52. The number of thioether (sulfide) groups is 1. The van der Waals surface area contributed by atoms with Gasteiger partial charge in [0.1, 0.15) is 5.56 Å². The molecule has 0 N–H and O–H groups in total. The fourth-order valence-corrected chi connectivity index (χ4v) is 3.43. The fraction of sp³-hybridized carbons (Fsp3) is 0.462. The highest BCUT2D eigenvalue weighted by molar-refractivity contribution is 7.99. The van der Waals surface area contributed by atoms with Gasteiger partial charge in [0, 0.05) is 12.2 Å². The van der Waals surface area contributed by atoms with Crippen LogP contribution in [0.2, 0.25) is 0 Å². The maximum absolute atomic E-state index is 11.8. The molecule has 1 saturated heterocycles. The Morgan fingerprint density at radius 3 is 2.74 bits per heavy atom. The minimum absolute atomic E-state index is 0.368. The van der Waals surface area contributed by atoms with Crippen LogP contribution in [0.1, 0.15) is 16.8 Å². The SMILES string of the molecule is COC(=O)c1ccc(OC)c2c1OC1(CCSC1)O2. The molecule has 3 rings (SSSR count). The summed E-state index contributed by atoms with van der Waals surface area (Å²) in [4.78, 5) is 11.8. The molecule has 6 heteroatoms. The highest BCUT2D eigenvalue weighted by Crippen LogP contribution is 2.51. The first-order valence-electron chi connectivity index (χ1n) is 5.94. The lowest BCUT2D eigenvalue weighted by Crippen LogP contribution is -2.38. The molecule has 0 amide bonds. The Morgan fingerprint density at radius 2 is 2.11 bits per heavy atom. The molecule has 2 aliphatic heterocycles. The highest BCUT2D eigenvalue weighted by Gasteiger charge is 2.47. The fourth-order valence-electron chi connectivity index (χ4n) is 2.26. The van der Waals surface area contributed by atoms with E-state index in [1.165, 1.54) is 7.11 Å². The summed E-state index contributed by atoms with van der Waals surface area (Å²) in [5, 5.41) is 0. The normalized spacial score (nSPS) is 23.7. The van der Waals surface area contributed by atoms with Gasteiger partial charge in [-0.05, 0) is 12.1 Å². The number of benzene rings is 1. The summed E-state index contributed by atoms with van der Waals surface area (Å²) in [7, 11) is 2.90. The monoisotopic (exact) mass is 282 g/mol. The van der Waals surface area contributed by atoms with Gasteiger partial charge in [-0.25, -0.2) is 4.79 Å². The van der Waals surface area contributed by atoms with Gasteiger partial charge in [-0.2, -0.15) is 11.8 Å². The summed E-state index contributed by atoms with van der Waals surface area (Å²) >= 11 is 1.77. The van der Waals surface area contributed by atoms with Crippen LogP contribution in [0, 0.1) is 0 Å². The molecule has 1 aromatic carbocycles. The number of rotatable bonds is 2. The minimum Gasteiger partial charge on any atom is -0.493 e. The van der Waals surface area contributed by atoms with Gasteiger partial charge in [0.15, 0.2) is 11.5 Å². The number of esters is 1. The number of hydrogen-bond donors (Lipinski definition) is 0. The minimum atomic E-state index is -0.662. The highest BCUT2D eigenvalue weighted by atomic mass is 32.2. The molecule has 0 aromatic heterocycles. The third kappa shape index (κ3) is 1.90. The lowest BCUT2D eigenvalue weighted by Gasteiger charge is -2.20. The third-order valence-corrected chi connectivity index (χ3v) is 4.36. The molecule has 2 aliphatic rings. The molecule has 5 nitrogen and oxygen atoms in total. The quantitative estimate of drug-likeness (QED) is 0.774. The largest absolute Gasteiger partial charge is 0.493 e. The van der Waals surface area contributed by atoms with Crippen molar-refractivity contribution in [1.82, 2.24) is 0 Å². The van der Waals surface area contributed by atoms with Crippen molar-refractivity contribution in [3.63, 3.8) is 0 Å². The maximum atomic E-state index is 11.8. The van der Waals surface area contributed by atoms with E-state index in [1.54, 1.807) is 31.0 Å². The van der Waals surface area contributed by atoms with Crippen LogP contribution in [0.5, 0.6) is 17.2 Å². The Bertz CT molecular complexity index is 522. The predicted octanol–water partition coefficient (Wildman–Crippen LogP) is 2.09. The zero-order valence-corrected chi connectivity index (χ0v) is 11.5. The van der Waals surface area contributed by atoms with Crippen molar-refractivity contribution in [3.8, 4) is 17.2 Å². The zero-order valence-electron chi connectivity index (χ0n) is 10.7. The molecule has 102 valence electrons. The first-order chi connectivity index (χ1) is 9.19. The molecule has 0 saturated carbocycles. The lowest BCUT2D eigenvalue weighted by atomic mass is 10.2. The van der Waals surface area contributed by atoms with Crippen molar-refractivity contribution < 1.29 is 23.7 Å². The molecule has 0 bridgehead atoms. The van der Waals surface area contributed by atoms with Crippen LogP contribution in [0.15, 0.2) is 12.1 Å². The van der Waals surface area contributed by atoms with Crippen molar-refractivity contribution in [2.24, 2.45) is 0 Å². The van der Waals surface area contributed by atoms with Gasteiger partial charge >= 0.3 is 5.97 Å². The number of hydrogen-bond acceptors (Lipinski definition) is 6. The van der Waals surface area contributed by atoms with Crippen molar-refractivity contribution >= 4 is 17.7 Å². The molecule has 0 aliphatic carbocycles. The van der Waals surface area contributed by atoms with E-state index in [0.717, 1.165) is 17.9 Å². The maximum Gasteiger partial charge on any atom is 0.341 e. The van der Waals surface area contributed by atoms with Gasteiger partial charge in [-0.3, -0.25) is 0 Å². The number of ether oxygens (including phenoxy) is 4. The summed E-state index contributed by atoms with van der Waals surface area (Å²) in [6.07, 6.45) is 0.788. The number of fused-ring (bicyclic) bond motifs is 1. The molecule has 1 unspecified atom stereocenters. The molecule has 1 fully saturated rings. The van der Waals surface area contributed by atoms with Crippen LogP contribution in [0.3, 0.4) is 0 Å². The van der Waals surface area contributed by atoms with E-state index in [0.29, 0.717) is 22.8 Å². The lowest BCUT2D eigenvalue weighted by molar-refractivity contribution is -0.0543. The Labute approximate surface area is 115 Å². The topological polar surface area (TPSA) is 54.0 Å². The van der Waals surface area contributed by atoms with E-state index in [9.17, 15) is 4.79 Å². The van der Waals surface area contributed by atoms with Crippen molar-refractivity contribution in [2.45, 2.75) is 12.2 Å². The molecule has 2 heterocycles. The van der Waals surface area contributed by atoms with Crippen LogP contribution in [-0.2, 0) is 4.74 Å². The van der Waals surface area contributed by atoms with Crippen molar-refractivity contribution in [1.29, 1.82) is 0 Å². The number of carbonyl (C=O) groups is 1. The van der Waals surface area contributed by atoms with E-state index >= 15 is 0 Å². The van der Waals surface area contributed by atoms with Gasteiger partial charge in [0.05, 0.1) is 20.0 Å². The Hall–Kier alpha value is -1.56. The molecule has 1 atom stereocenters. The van der Waals surface area contributed by atoms with Gasteiger partial charge in [-0.15, -0.1) is 0 Å². The molecular weight excluding hydrogens is 268 g/mol. The third-order valence-electron chi connectivity index (χ3n) is 3.23. The van der Waals surface area contributed by atoms with Gasteiger partial charge in [0.2, 0.25) is 5.75 Å². The number of methoxy groups -OCH3 is 2. The smallest absolute Gasteiger partial charge is 0.341 e. The number of carbonyl (C=O) groups excluding carboxylic acids is 1. The summed E-state index contributed by atoms with van der Waals surface area (Å²) in [5.74, 6) is 2.10. The van der Waals surface area contributed by atoms with Crippen molar-refractivity contribution in [3.05, 3.63) is 17.7 Å². The van der Waals surface area contributed by atoms with Crippen LogP contribution in [-0.4, -0.2) is 37.5 Å². The average Bonchev–Trinajstić information content (AvgIpc) is 3.03.